The molecular weight excluding hydrogens is 398 g/mol. The van der Waals surface area contributed by atoms with E-state index in [1.165, 1.54) is 32.1 Å². The zero-order valence-corrected chi connectivity index (χ0v) is 18.5. The monoisotopic (exact) mass is 429 g/mol. The van der Waals surface area contributed by atoms with Gasteiger partial charge in [0.05, 0.1) is 5.69 Å². The third kappa shape index (κ3) is 4.58. The highest BCUT2D eigenvalue weighted by Gasteiger charge is 2.17. The summed E-state index contributed by atoms with van der Waals surface area (Å²) in [5.74, 6) is 1.60. The van der Waals surface area contributed by atoms with Crippen LogP contribution in [0.15, 0.2) is 65.1 Å². The highest BCUT2D eigenvalue weighted by molar-refractivity contribution is 5.90. The summed E-state index contributed by atoms with van der Waals surface area (Å²) in [4.78, 5) is 12.8. The molecule has 1 amide bonds. The van der Waals surface area contributed by atoms with Gasteiger partial charge in [-0.2, -0.15) is 0 Å². The van der Waals surface area contributed by atoms with Gasteiger partial charge in [-0.05, 0) is 49.6 Å². The minimum Gasteiger partial charge on any atom is -0.455 e. The zero-order valence-electron chi connectivity index (χ0n) is 18.5. The second-order valence-electron chi connectivity index (χ2n) is 8.88. The molecule has 166 valence electrons. The number of rotatable bonds is 8. The minimum absolute atomic E-state index is 0.0168. The number of fused-ring (bicyclic) bond motifs is 2. The van der Waals surface area contributed by atoms with Crippen LogP contribution in [-0.2, 0) is 11.3 Å². The third-order valence-corrected chi connectivity index (χ3v) is 6.57. The lowest BCUT2D eigenvalue weighted by Gasteiger charge is -2.21. The first-order chi connectivity index (χ1) is 15.8. The number of nitrogens with one attached hydrogen (secondary N) is 2. The summed E-state index contributed by atoms with van der Waals surface area (Å²) in [5, 5.41) is 8.75. The summed E-state index contributed by atoms with van der Waals surface area (Å²) >= 11 is 0. The van der Waals surface area contributed by atoms with Gasteiger partial charge in [-0.15, -0.1) is 0 Å². The van der Waals surface area contributed by atoms with Crippen molar-refractivity contribution in [1.29, 1.82) is 0 Å². The van der Waals surface area contributed by atoms with Crippen molar-refractivity contribution in [3.63, 3.8) is 0 Å². The van der Waals surface area contributed by atoms with Crippen LogP contribution in [0.25, 0.3) is 33.3 Å². The minimum atomic E-state index is 0.0168. The Labute approximate surface area is 188 Å². The summed E-state index contributed by atoms with van der Waals surface area (Å²) < 4.78 is 8.17. The molecule has 1 aliphatic carbocycles. The largest absolute Gasteiger partial charge is 0.455 e. The van der Waals surface area contributed by atoms with Crippen LogP contribution in [0.3, 0.4) is 0 Å². The van der Waals surface area contributed by atoms with Crippen molar-refractivity contribution in [2.24, 2.45) is 5.92 Å². The normalized spacial score (nSPS) is 14.9. The molecule has 0 radical (unpaired) electrons. The predicted molar refractivity (Wildman–Crippen MR) is 130 cm³/mol. The molecule has 0 atom stereocenters. The molecule has 5 rings (SSSR count). The molecule has 5 heteroatoms. The Morgan fingerprint density at radius 2 is 1.72 bits per heavy atom. The van der Waals surface area contributed by atoms with Crippen LogP contribution < -0.4 is 10.6 Å². The molecule has 2 heterocycles. The molecule has 0 aliphatic heterocycles. The molecule has 4 aromatic rings. The van der Waals surface area contributed by atoms with E-state index in [0.717, 1.165) is 52.3 Å². The first kappa shape index (κ1) is 20.8. The highest BCUT2D eigenvalue weighted by atomic mass is 16.3. The molecule has 0 bridgehead atoms. The van der Waals surface area contributed by atoms with E-state index in [-0.39, 0.29) is 12.5 Å². The molecule has 0 spiro atoms. The topological polar surface area (TPSA) is 59.2 Å². The molecule has 0 unspecified atom stereocenters. The van der Waals surface area contributed by atoms with Crippen molar-refractivity contribution >= 4 is 27.8 Å². The van der Waals surface area contributed by atoms with Gasteiger partial charge < -0.3 is 19.6 Å². The van der Waals surface area contributed by atoms with E-state index in [4.69, 9.17) is 4.42 Å². The van der Waals surface area contributed by atoms with E-state index < -0.39 is 0 Å². The fraction of sp³-hybridized carbons (Fsp3) is 0.370. The maximum Gasteiger partial charge on any atom is 0.240 e. The predicted octanol–water partition coefficient (Wildman–Crippen LogP) is 5.34. The Morgan fingerprint density at radius 1 is 0.938 bits per heavy atom. The molecule has 2 N–H and O–H groups in total. The zero-order chi connectivity index (χ0) is 21.8. The summed E-state index contributed by atoms with van der Waals surface area (Å²) in [7, 11) is 0. The van der Waals surface area contributed by atoms with Gasteiger partial charge in [0.2, 0.25) is 5.91 Å². The second-order valence-corrected chi connectivity index (χ2v) is 8.88. The van der Waals surface area contributed by atoms with E-state index in [1.807, 2.05) is 42.5 Å². The van der Waals surface area contributed by atoms with Gasteiger partial charge in [0.25, 0.3) is 0 Å². The van der Waals surface area contributed by atoms with E-state index in [9.17, 15) is 4.79 Å². The summed E-state index contributed by atoms with van der Waals surface area (Å²) in [6.45, 7) is 2.78. The van der Waals surface area contributed by atoms with Gasteiger partial charge in [-0.3, -0.25) is 4.79 Å². The van der Waals surface area contributed by atoms with Crippen LogP contribution in [0, 0.1) is 5.92 Å². The number of carbonyl (C=O) groups is 1. The van der Waals surface area contributed by atoms with Crippen molar-refractivity contribution in [2.75, 3.05) is 19.6 Å². The van der Waals surface area contributed by atoms with Crippen LogP contribution in [0.2, 0.25) is 0 Å². The van der Waals surface area contributed by atoms with Crippen molar-refractivity contribution in [3.8, 4) is 11.5 Å². The van der Waals surface area contributed by atoms with Gasteiger partial charge in [0.1, 0.15) is 12.1 Å². The van der Waals surface area contributed by atoms with Crippen molar-refractivity contribution < 1.29 is 9.21 Å². The molecule has 5 nitrogen and oxygen atoms in total. The summed E-state index contributed by atoms with van der Waals surface area (Å²) in [6, 6.07) is 20.3. The Hall–Kier alpha value is -3.05. The van der Waals surface area contributed by atoms with Crippen LogP contribution in [0.4, 0.5) is 0 Å². The second kappa shape index (κ2) is 9.61. The van der Waals surface area contributed by atoms with Crippen molar-refractivity contribution in [1.82, 2.24) is 15.2 Å². The lowest BCUT2D eigenvalue weighted by Crippen LogP contribution is -2.35. The van der Waals surface area contributed by atoms with E-state index in [2.05, 4.69) is 33.4 Å². The fourth-order valence-corrected chi connectivity index (χ4v) is 4.88. The first-order valence-electron chi connectivity index (χ1n) is 11.8. The summed E-state index contributed by atoms with van der Waals surface area (Å²) in [6.07, 6.45) is 6.79. The van der Waals surface area contributed by atoms with Crippen LogP contribution >= 0.6 is 0 Å². The number of para-hydroxylation sites is 2. The third-order valence-electron chi connectivity index (χ3n) is 6.57. The maximum absolute atomic E-state index is 12.8. The number of hydrogen-bond acceptors (Lipinski definition) is 3. The molecule has 1 fully saturated rings. The first-order valence-corrected chi connectivity index (χ1v) is 11.8. The smallest absolute Gasteiger partial charge is 0.240 e. The van der Waals surface area contributed by atoms with Crippen molar-refractivity contribution in [2.45, 2.75) is 38.6 Å². The number of aromatic nitrogens is 1. The quantitative estimate of drug-likeness (QED) is 0.372. The molecule has 0 saturated heterocycles. The molecule has 2 aromatic heterocycles. The fourth-order valence-electron chi connectivity index (χ4n) is 4.88. The number of nitrogens with zero attached hydrogens (tertiary/aromatic N) is 1. The molecule has 2 aromatic carbocycles. The molecule has 32 heavy (non-hydrogen) atoms. The van der Waals surface area contributed by atoms with Gasteiger partial charge in [0.15, 0.2) is 5.76 Å². The molecule has 1 aliphatic rings. The average molecular weight is 430 g/mol. The summed E-state index contributed by atoms with van der Waals surface area (Å²) in [5.41, 5.74) is 2.81. The molecular formula is C27H31N3O2. The average Bonchev–Trinajstić information content (AvgIpc) is 3.41. The Bertz CT molecular complexity index is 1170. The highest BCUT2D eigenvalue weighted by Crippen LogP contribution is 2.32. The van der Waals surface area contributed by atoms with Gasteiger partial charge in [-0.1, -0.05) is 55.7 Å². The van der Waals surface area contributed by atoms with E-state index in [1.54, 1.807) is 0 Å². The Kier molecular flexibility index (Phi) is 6.26. The number of furan rings is 1. The molecule has 1 saturated carbocycles. The Morgan fingerprint density at radius 3 is 2.56 bits per heavy atom. The van der Waals surface area contributed by atoms with E-state index in [0.29, 0.717) is 6.54 Å². The Balaban J connectivity index is 1.26. The maximum atomic E-state index is 12.8. The van der Waals surface area contributed by atoms with Crippen LogP contribution in [-0.4, -0.2) is 30.1 Å². The van der Waals surface area contributed by atoms with Crippen LogP contribution in [0.5, 0.6) is 0 Å². The number of carbonyl (C=O) groups excluding carboxylic acids is 1. The number of benzene rings is 2. The number of hydrogen-bond donors (Lipinski definition) is 2. The lowest BCUT2D eigenvalue weighted by atomic mass is 9.89. The standard InChI is InChI=1S/C27H31N3O2/c31-27(29-15-14-28-18-20-8-2-1-3-9-20)19-30-23-12-6-4-10-21(23)16-24(30)26-17-22-11-5-7-13-25(22)32-26/h4-7,10-13,16-17,20,28H,1-3,8-9,14-15,18-19H2,(H,29,31). The van der Waals surface area contributed by atoms with Gasteiger partial charge in [0, 0.05) is 29.4 Å². The number of amides is 1. The van der Waals surface area contributed by atoms with Crippen molar-refractivity contribution in [3.05, 3.63) is 60.7 Å². The van der Waals surface area contributed by atoms with E-state index >= 15 is 0 Å². The SMILES string of the molecule is O=C(Cn1c(-c2cc3ccccc3o2)cc2ccccc21)NCCNCC1CCCCC1. The lowest BCUT2D eigenvalue weighted by molar-refractivity contribution is -0.121. The van der Waals surface area contributed by atoms with Gasteiger partial charge in [-0.25, -0.2) is 0 Å². The van der Waals surface area contributed by atoms with Gasteiger partial charge >= 0.3 is 0 Å². The van der Waals surface area contributed by atoms with Crippen LogP contribution in [0.1, 0.15) is 32.1 Å².